The molecule has 3 aromatic rings. The second kappa shape index (κ2) is 9.33. The first-order valence-corrected chi connectivity index (χ1v) is 10.7. The van der Waals surface area contributed by atoms with Gasteiger partial charge in [-0.15, -0.1) is 0 Å². The Balaban J connectivity index is 1.63. The molecule has 9 heteroatoms. The molecule has 1 aromatic heterocycles. The first-order chi connectivity index (χ1) is 15.8. The van der Waals surface area contributed by atoms with Crippen molar-refractivity contribution < 1.29 is 23.4 Å². The van der Waals surface area contributed by atoms with E-state index in [1.165, 1.54) is 10.6 Å². The predicted octanol–water partition coefficient (Wildman–Crippen LogP) is 3.53. The van der Waals surface area contributed by atoms with Gasteiger partial charge in [0, 0.05) is 42.2 Å². The second-order valence-corrected chi connectivity index (χ2v) is 8.18. The molecule has 172 valence electrons. The zero-order valence-electron chi connectivity index (χ0n) is 17.8. The number of aryl methyl sites for hydroxylation is 1. The molecule has 2 heterocycles. The van der Waals surface area contributed by atoms with Gasteiger partial charge in [0.1, 0.15) is 35.6 Å². The minimum Gasteiger partial charge on any atom is -0.487 e. The second-order valence-electron chi connectivity index (χ2n) is 7.81. The van der Waals surface area contributed by atoms with Gasteiger partial charge in [0.15, 0.2) is 0 Å². The van der Waals surface area contributed by atoms with Gasteiger partial charge in [-0.1, -0.05) is 17.7 Å². The van der Waals surface area contributed by atoms with Crippen molar-refractivity contribution >= 4 is 17.5 Å². The summed E-state index contributed by atoms with van der Waals surface area (Å²) in [6.45, 7) is 1.81. The van der Waals surface area contributed by atoms with Crippen molar-refractivity contribution in [2.24, 2.45) is 0 Å². The number of pyridine rings is 1. The number of aliphatic hydroxyl groups excluding tert-OH is 1. The number of amides is 1. The zero-order valence-corrected chi connectivity index (χ0v) is 18.5. The van der Waals surface area contributed by atoms with Crippen LogP contribution in [0.25, 0.3) is 5.69 Å². The molecule has 1 aliphatic heterocycles. The molecule has 0 bridgehead atoms. The molecule has 4 rings (SSSR count). The minimum atomic E-state index is -0.751. The van der Waals surface area contributed by atoms with E-state index in [-0.39, 0.29) is 28.8 Å². The molecule has 0 radical (unpaired) electrons. The third-order valence-corrected chi connectivity index (χ3v) is 5.99. The van der Waals surface area contributed by atoms with E-state index in [1.54, 1.807) is 17.9 Å². The molecule has 0 unspecified atom stereocenters. The van der Waals surface area contributed by atoms with Crippen LogP contribution in [-0.4, -0.2) is 33.6 Å². The van der Waals surface area contributed by atoms with Crippen molar-refractivity contribution in [1.82, 2.24) is 9.47 Å². The van der Waals surface area contributed by atoms with Crippen LogP contribution in [0.2, 0.25) is 5.02 Å². The van der Waals surface area contributed by atoms with Gasteiger partial charge >= 0.3 is 0 Å². The summed E-state index contributed by atoms with van der Waals surface area (Å²) in [5.41, 5.74) is 2.69. The van der Waals surface area contributed by atoms with Crippen LogP contribution in [0.1, 0.15) is 22.4 Å². The number of fused-ring (bicyclic) bond motifs is 1. The Morgan fingerprint density at radius 1 is 1.15 bits per heavy atom. The maximum absolute atomic E-state index is 13.9. The fourth-order valence-corrected chi connectivity index (χ4v) is 4.09. The molecule has 0 saturated heterocycles. The highest BCUT2D eigenvalue weighted by atomic mass is 35.5. The molecule has 1 N–H and O–H groups in total. The molecule has 0 aliphatic carbocycles. The van der Waals surface area contributed by atoms with Crippen molar-refractivity contribution in [3.63, 3.8) is 0 Å². The highest BCUT2D eigenvalue weighted by Gasteiger charge is 2.21. The number of aliphatic hydroxyl groups is 1. The molecule has 0 fully saturated rings. The highest BCUT2D eigenvalue weighted by Crippen LogP contribution is 2.27. The molecular weight excluding hydrogens is 454 g/mol. The Morgan fingerprint density at radius 2 is 1.94 bits per heavy atom. The molecule has 0 atom stereocenters. The van der Waals surface area contributed by atoms with E-state index in [4.69, 9.17) is 21.4 Å². The van der Waals surface area contributed by atoms with Gasteiger partial charge < -0.3 is 14.7 Å². The van der Waals surface area contributed by atoms with Gasteiger partial charge in [-0.25, -0.2) is 8.78 Å². The van der Waals surface area contributed by atoms with Crippen LogP contribution in [0.15, 0.2) is 47.3 Å². The predicted molar refractivity (Wildman–Crippen MR) is 119 cm³/mol. The maximum Gasteiger partial charge on any atom is 0.277 e. The first-order valence-electron chi connectivity index (χ1n) is 10.3. The summed E-state index contributed by atoms with van der Waals surface area (Å²) in [5, 5.41) is 8.97. The number of ether oxygens (including phenoxy) is 1. The fourth-order valence-electron chi connectivity index (χ4n) is 3.90. The van der Waals surface area contributed by atoms with Gasteiger partial charge in [0.25, 0.3) is 5.56 Å². The number of hydrogen-bond donors (Lipinski definition) is 1. The summed E-state index contributed by atoms with van der Waals surface area (Å²) in [4.78, 5) is 26.5. The molecule has 0 spiro atoms. The van der Waals surface area contributed by atoms with Crippen LogP contribution in [0.4, 0.5) is 8.78 Å². The van der Waals surface area contributed by atoms with Crippen LogP contribution in [0, 0.1) is 18.6 Å². The molecule has 0 saturated carbocycles. The van der Waals surface area contributed by atoms with Crippen molar-refractivity contribution in [2.75, 3.05) is 13.2 Å². The van der Waals surface area contributed by atoms with E-state index < -0.39 is 23.8 Å². The lowest BCUT2D eigenvalue weighted by atomic mass is 9.99. The van der Waals surface area contributed by atoms with Gasteiger partial charge in [-0.3, -0.25) is 14.2 Å². The fraction of sp³-hybridized carbons (Fsp3) is 0.250. The Kier molecular flexibility index (Phi) is 6.49. The Labute approximate surface area is 193 Å². The van der Waals surface area contributed by atoms with Crippen LogP contribution < -0.4 is 10.3 Å². The van der Waals surface area contributed by atoms with E-state index >= 15 is 0 Å². The summed E-state index contributed by atoms with van der Waals surface area (Å²) in [7, 11) is 0. The van der Waals surface area contributed by atoms with Crippen LogP contribution in [-0.2, 0) is 24.4 Å². The minimum absolute atomic E-state index is 0.0943. The van der Waals surface area contributed by atoms with E-state index in [0.717, 1.165) is 23.3 Å². The number of hydrogen-bond acceptors (Lipinski definition) is 4. The number of halogens is 3. The number of carbonyl (C=O) groups is 1. The Morgan fingerprint density at radius 3 is 2.67 bits per heavy atom. The largest absolute Gasteiger partial charge is 0.487 e. The first kappa shape index (κ1) is 22.9. The number of carbonyl (C=O) groups excluding carboxylic acids is 1. The Hall–Kier alpha value is -3.23. The number of rotatable bonds is 5. The number of benzene rings is 2. The van der Waals surface area contributed by atoms with E-state index in [0.29, 0.717) is 30.9 Å². The normalized spacial score (nSPS) is 13.1. The van der Waals surface area contributed by atoms with Gasteiger partial charge in [-0.2, -0.15) is 0 Å². The maximum atomic E-state index is 13.9. The monoisotopic (exact) mass is 474 g/mol. The van der Waals surface area contributed by atoms with Crippen molar-refractivity contribution in [3.05, 3.63) is 91.9 Å². The molecule has 2 aromatic carbocycles. The highest BCUT2D eigenvalue weighted by molar-refractivity contribution is 6.31. The molecular formula is C24H21ClF2N2O4. The standard InChI is InChI=1S/C24H21ClF2N2O4/c1-14-8-21(33-13-16-2-4-18(26)10-20(16)27)23(25)24(32)29(14)19-5-3-15-6-7-28(22(31)12-30)11-17(15)9-19/h2-5,8-10,30H,6-7,11-13H2,1H3. The summed E-state index contributed by atoms with van der Waals surface area (Å²) in [6.07, 6.45) is 0.655. The summed E-state index contributed by atoms with van der Waals surface area (Å²) >= 11 is 6.29. The SMILES string of the molecule is Cc1cc(OCc2ccc(F)cc2F)c(Cl)c(=O)n1-c1ccc2c(c1)CN(C(=O)CO)CC2. The topological polar surface area (TPSA) is 71.8 Å². The average Bonchev–Trinajstić information content (AvgIpc) is 2.80. The van der Waals surface area contributed by atoms with Crippen LogP contribution >= 0.6 is 11.6 Å². The number of nitrogens with zero attached hydrogens (tertiary/aromatic N) is 2. The third kappa shape index (κ3) is 4.62. The zero-order chi connectivity index (χ0) is 23.7. The summed E-state index contributed by atoms with van der Waals surface area (Å²) < 4.78 is 34.0. The van der Waals surface area contributed by atoms with Crippen LogP contribution in [0.5, 0.6) is 5.75 Å². The average molecular weight is 475 g/mol. The quantitative estimate of drug-likeness (QED) is 0.614. The van der Waals surface area contributed by atoms with Crippen LogP contribution in [0.3, 0.4) is 0 Å². The summed E-state index contributed by atoms with van der Waals surface area (Å²) in [5.74, 6) is -1.70. The van der Waals surface area contributed by atoms with Crippen molar-refractivity contribution in [3.8, 4) is 11.4 Å². The van der Waals surface area contributed by atoms with E-state index in [1.807, 2.05) is 18.2 Å². The van der Waals surface area contributed by atoms with Gasteiger partial charge in [0.05, 0.1) is 0 Å². The number of aromatic nitrogens is 1. The molecule has 1 amide bonds. The van der Waals surface area contributed by atoms with Gasteiger partial charge in [0.2, 0.25) is 5.91 Å². The van der Waals surface area contributed by atoms with E-state index in [2.05, 4.69) is 0 Å². The Bertz CT molecular complexity index is 1290. The van der Waals surface area contributed by atoms with Gasteiger partial charge in [-0.05, 0) is 48.7 Å². The lowest BCUT2D eigenvalue weighted by Gasteiger charge is -2.29. The molecule has 1 aliphatic rings. The van der Waals surface area contributed by atoms with E-state index in [9.17, 15) is 18.4 Å². The lowest BCUT2D eigenvalue weighted by molar-refractivity contribution is -0.135. The third-order valence-electron chi connectivity index (χ3n) is 5.65. The van der Waals surface area contributed by atoms with Crippen molar-refractivity contribution in [2.45, 2.75) is 26.5 Å². The molecule has 6 nitrogen and oxygen atoms in total. The molecule has 33 heavy (non-hydrogen) atoms. The smallest absolute Gasteiger partial charge is 0.277 e. The van der Waals surface area contributed by atoms with Crippen molar-refractivity contribution in [1.29, 1.82) is 0 Å². The summed E-state index contributed by atoms with van der Waals surface area (Å²) in [6, 6.07) is 10.3. The lowest BCUT2D eigenvalue weighted by Crippen LogP contribution is -2.37.